The van der Waals surface area contributed by atoms with Crippen molar-refractivity contribution in [1.82, 2.24) is 0 Å². The highest BCUT2D eigenvalue weighted by Gasteiger charge is 2.50. The van der Waals surface area contributed by atoms with Gasteiger partial charge in [0.25, 0.3) is 0 Å². The molecule has 0 radical (unpaired) electrons. The Bertz CT molecular complexity index is 1920. The van der Waals surface area contributed by atoms with Crippen LogP contribution in [0.4, 0.5) is 0 Å². The Morgan fingerprint density at radius 3 is 1.22 bits per heavy atom. The highest BCUT2D eigenvalue weighted by molar-refractivity contribution is 5.74. The van der Waals surface area contributed by atoms with E-state index in [0.29, 0.717) is 25.7 Å². The lowest BCUT2D eigenvalue weighted by Crippen LogP contribution is -2.61. The van der Waals surface area contributed by atoms with Crippen LogP contribution in [0.5, 0.6) is 0 Å². The number of allylic oxidation sites excluding steroid dienone is 22. The van der Waals surface area contributed by atoms with Crippen molar-refractivity contribution >= 4 is 23.9 Å². The van der Waals surface area contributed by atoms with Crippen molar-refractivity contribution < 1.29 is 58.2 Å². The number of carbonyl (C=O) groups is 4. The van der Waals surface area contributed by atoms with Gasteiger partial charge in [-0.15, -0.1) is 0 Å². The molecule has 1 heterocycles. The summed E-state index contributed by atoms with van der Waals surface area (Å²) in [5, 5.41) is 31.5. The zero-order chi connectivity index (χ0) is 58.9. The molecule has 1 rings (SSSR count). The lowest BCUT2D eigenvalue weighted by atomic mass is 9.98. The largest absolute Gasteiger partial charge is 0.479 e. The Morgan fingerprint density at radius 2 is 0.790 bits per heavy atom. The molecule has 6 unspecified atom stereocenters. The van der Waals surface area contributed by atoms with Gasteiger partial charge in [-0.3, -0.25) is 14.4 Å². The second-order valence-electron chi connectivity index (χ2n) is 20.6. The Morgan fingerprint density at radius 1 is 0.420 bits per heavy atom. The fourth-order valence-electron chi connectivity index (χ4n) is 8.48. The number of esters is 3. The summed E-state index contributed by atoms with van der Waals surface area (Å²) in [6.07, 6.45) is 65.5. The van der Waals surface area contributed by atoms with Gasteiger partial charge in [-0.25, -0.2) is 4.79 Å². The van der Waals surface area contributed by atoms with Gasteiger partial charge in [-0.2, -0.15) is 0 Å². The SMILES string of the molecule is CC/C=C\C/C=C\C/C=C\C/C=C\C/C=C\CCCC(=O)OC1C(OCC(COC(=O)CCCCCC/C=C\C/C=C\C/C=C\C/C=C\CC)OC(=O)CCCCCCCCC/C=C\C/C=C\CCCCC)OC(C(=O)O)C(O)C1O. The number of rotatable bonds is 51. The van der Waals surface area contributed by atoms with Crippen LogP contribution >= 0.6 is 0 Å². The van der Waals surface area contributed by atoms with Crippen LogP contribution in [0.15, 0.2) is 134 Å². The maximum absolute atomic E-state index is 13.2. The highest BCUT2D eigenvalue weighted by Crippen LogP contribution is 2.26. The smallest absolute Gasteiger partial charge is 0.335 e. The fraction of sp³-hybridized carbons (Fsp3) is 0.623. The van der Waals surface area contributed by atoms with Crippen molar-refractivity contribution in [1.29, 1.82) is 0 Å². The molecule has 12 heteroatoms. The monoisotopic (exact) mass is 1130 g/mol. The van der Waals surface area contributed by atoms with Crippen molar-refractivity contribution in [2.24, 2.45) is 0 Å². The average molecular weight is 1130 g/mol. The first-order chi connectivity index (χ1) is 39.6. The molecule has 0 saturated carbocycles. The van der Waals surface area contributed by atoms with Gasteiger partial charge in [0, 0.05) is 19.3 Å². The minimum atomic E-state index is -1.93. The fourth-order valence-corrected chi connectivity index (χ4v) is 8.48. The lowest BCUT2D eigenvalue weighted by molar-refractivity contribution is -0.301. The van der Waals surface area contributed by atoms with Gasteiger partial charge in [0.1, 0.15) is 18.8 Å². The van der Waals surface area contributed by atoms with E-state index in [1.807, 2.05) is 12.2 Å². The Balaban J connectivity index is 2.75. The van der Waals surface area contributed by atoms with Crippen LogP contribution in [0, 0.1) is 0 Å². The molecule has 1 aliphatic rings. The van der Waals surface area contributed by atoms with Gasteiger partial charge in [0.05, 0.1) is 6.61 Å². The third kappa shape index (κ3) is 45.1. The number of hydrogen-bond donors (Lipinski definition) is 3. The Hall–Kier alpha value is -5.14. The predicted octanol–water partition coefficient (Wildman–Crippen LogP) is 16.6. The van der Waals surface area contributed by atoms with Crippen LogP contribution in [0.3, 0.4) is 0 Å². The third-order valence-electron chi connectivity index (χ3n) is 13.2. The standard InChI is InChI=1S/C69H108O12/c1-4-7-10-13-16-19-22-25-28-31-34-37-40-43-46-49-52-55-61(70)77-58-60(79-62(71)56-53-50-47-44-41-38-35-32-29-26-23-20-17-14-11-8-5-2)59-78-69-67(65(74)64(73)66(81-69)68(75)76)80-63(72)57-54-51-48-45-42-39-36-33-30-27-24-21-18-15-12-9-6-3/h7,9-10,12,16-21,25-30,34,36-37,39,45,48,60,64-67,69,73-74H,4-6,8,11,13-15,22-24,31-33,35,38,40-44,46-47,49-59H2,1-3H3,(H,75,76)/b10-7-,12-9-,19-16-,20-17-,21-18-,28-25-,29-26-,30-27-,37-34-,39-36-,48-45-. The topological polar surface area (TPSA) is 175 Å². The first-order valence-corrected chi connectivity index (χ1v) is 31.2. The summed E-state index contributed by atoms with van der Waals surface area (Å²) in [7, 11) is 0. The number of ether oxygens (including phenoxy) is 5. The summed E-state index contributed by atoms with van der Waals surface area (Å²) < 4.78 is 28.4. The summed E-state index contributed by atoms with van der Waals surface area (Å²) >= 11 is 0. The predicted molar refractivity (Wildman–Crippen MR) is 330 cm³/mol. The van der Waals surface area contributed by atoms with E-state index in [-0.39, 0.29) is 25.9 Å². The number of carboxylic acid groups (broad SMARTS) is 1. The maximum Gasteiger partial charge on any atom is 0.335 e. The van der Waals surface area contributed by atoms with E-state index in [2.05, 4.69) is 142 Å². The molecule has 456 valence electrons. The second-order valence-corrected chi connectivity index (χ2v) is 20.6. The Labute approximate surface area is 490 Å². The summed E-state index contributed by atoms with van der Waals surface area (Å²) in [4.78, 5) is 51.3. The van der Waals surface area contributed by atoms with Crippen LogP contribution in [-0.4, -0.2) is 89.2 Å². The van der Waals surface area contributed by atoms with Crippen molar-refractivity contribution in [3.05, 3.63) is 134 Å². The van der Waals surface area contributed by atoms with Gasteiger partial charge in [0.15, 0.2) is 24.6 Å². The van der Waals surface area contributed by atoms with Crippen molar-refractivity contribution in [2.75, 3.05) is 13.2 Å². The van der Waals surface area contributed by atoms with E-state index in [9.17, 15) is 34.5 Å². The molecule has 0 aromatic rings. The minimum Gasteiger partial charge on any atom is -0.479 e. The number of carboxylic acids is 1. The van der Waals surface area contributed by atoms with Gasteiger partial charge < -0.3 is 39.0 Å². The summed E-state index contributed by atoms with van der Waals surface area (Å²) in [6, 6.07) is 0. The normalized spacial score (nSPS) is 18.7. The van der Waals surface area contributed by atoms with Crippen LogP contribution in [0.25, 0.3) is 0 Å². The quantitative estimate of drug-likeness (QED) is 0.0228. The maximum atomic E-state index is 13.2. The number of carbonyl (C=O) groups excluding carboxylic acids is 3. The number of aliphatic hydroxyl groups excluding tert-OH is 2. The van der Waals surface area contributed by atoms with Gasteiger partial charge >= 0.3 is 23.9 Å². The zero-order valence-electron chi connectivity index (χ0n) is 50.2. The molecule has 1 saturated heterocycles. The van der Waals surface area contributed by atoms with Crippen molar-refractivity contribution in [3.8, 4) is 0 Å². The summed E-state index contributed by atoms with van der Waals surface area (Å²) in [6.45, 7) is 5.69. The molecular formula is C69H108O12. The Kier molecular flexibility index (Phi) is 50.5. The lowest BCUT2D eigenvalue weighted by Gasteiger charge is -2.40. The molecule has 6 atom stereocenters. The molecule has 0 aromatic heterocycles. The number of aliphatic hydroxyl groups is 2. The first-order valence-electron chi connectivity index (χ1n) is 31.2. The van der Waals surface area contributed by atoms with E-state index < -0.39 is 67.3 Å². The molecule has 3 N–H and O–H groups in total. The van der Waals surface area contributed by atoms with Crippen LogP contribution in [0.2, 0.25) is 0 Å². The van der Waals surface area contributed by atoms with Gasteiger partial charge in [0.2, 0.25) is 0 Å². The zero-order valence-corrected chi connectivity index (χ0v) is 50.2. The molecule has 12 nitrogen and oxygen atoms in total. The van der Waals surface area contributed by atoms with E-state index in [0.717, 1.165) is 141 Å². The first kappa shape index (κ1) is 73.9. The molecule has 0 aliphatic carbocycles. The van der Waals surface area contributed by atoms with Crippen molar-refractivity contribution in [3.63, 3.8) is 0 Å². The second kappa shape index (κ2) is 55.4. The molecule has 0 bridgehead atoms. The van der Waals surface area contributed by atoms with Crippen LogP contribution in [-0.2, 0) is 42.9 Å². The number of hydrogen-bond acceptors (Lipinski definition) is 11. The van der Waals surface area contributed by atoms with Crippen LogP contribution in [0.1, 0.15) is 226 Å². The number of unbranched alkanes of at least 4 members (excludes halogenated alkanes) is 15. The molecule has 1 aliphatic heterocycles. The van der Waals surface area contributed by atoms with E-state index in [4.69, 9.17) is 23.7 Å². The molecule has 0 spiro atoms. The molecule has 81 heavy (non-hydrogen) atoms. The van der Waals surface area contributed by atoms with E-state index in [1.54, 1.807) is 0 Å². The summed E-state index contributed by atoms with van der Waals surface area (Å²) in [5.41, 5.74) is 0. The van der Waals surface area contributed by atoms with Gasteiger partial charge in [-0.05, 0) is 128 Å². The van der Waals surface area contributed by atoms with Crippen molar-refractivity contribution in [2.45, 2.75) is 263 Å². The average Bonchev–Trinajstić information content (AvgIpc) is 3.53. The van der Waals surface area contributed by atoms with Crippen LogP contribution < -0.4 is 0 Å². The van der Waals surface area contributed by atoms with E-state index >= 15 is 0 Å². The minimum absolute atomic E-state index is 0.0284. The molecule has 1 fully saturated rings. The highest BCUT2D eigenvalue weighted by atomic mass is 16.7. The molecule has 0 amide bonds. The third-order valence-corrected chi connectivity index (χ3v) is 13.2. The van der Waals surface area contributed by atoms with Gasteiger partial charge in [-0.1, -0.05) is 212 Å². The molecule has 0 aromatic carbocycles. The van der Waals surface area contributed by atoms with E-state index in [1.165, 1.54) is 19.3 Å². The summed E-state index contributed by atoms with van der Waals surface area (Å²) in [5.74, 6) is -3.26. The molecular weight excluding hydrogens is 1020 g/mol. The number of aliphatic carboxylic acids is 1.